The van der Waals surface area contributed by atoms with Gasteiger partial charge in [-0.05, 0) is 30.4 Å². The maximum Gasteiger partial charge on any atom is 0.267 e. The quantitative estimate of drug-likeness (QED) is 0.824. The summed E-state index contributed by atoms with van der Waals surface area (Å²) in [7, 11) is 0. The molecule has 5 heteroatoms. The molecule has 18 heavy (non-hydrogen) atoms. The van der Waals surface area contributed by atoms with Crippen molar-refractivity contribution in [3.63, 3.8) is 0 Å². The lowest BCUT2D eigenvalue weighted by Crippen LogP contribution is -2.39. The molecular weight excluding hydrogens is 228 g/mol. The summed E-state index contributed by atoms with van der Waals surface area (Å²) in [6, 6.07) is 3.27. The van der Waals surface area contributed by atoms with Gasteiger partial charge in [-0.2, -0.15) is 0 Å². The van der Waals surface area contributed by atoms with Crippen LogP contribution >= 0.6 is 0 Å². The first-order chi connectivity index (χ1) is 8.49. The molecule has 1 aromatic heterocycles. The number of piperidine rings is 1. The molecule has 0 aromatic carbocycles. The number of hydrogen-bond acceptors (Lipinski definition) is 4. The van der Waals surface area contributed by atoms with Crippen LogP contribution in [-0.2, 0) is 0 Å². The minimum absolute atomic E-state index is 0.269. The molecule has 1 amide bonds. The summed E-state index contributed by atoms with van der Waals surface area (Å²) in [5.41, 5.74) is 12.1. The topological polar surface area (TPSA) is 85.2 Å². The fraction of sp³-hybridized carbons (Fsp3) is 0.538. The zero-order valence-electron chi connectivity index (χ0n) is 10.9. The number of amides is 1. The van der Waals surface area contributed by atoms with Crippen LogP contribution in [0.15, 0.2) is 12.1 Å². The predicted molar refractivity (Wildman–Crippen MR) is 72.3 cm³/mol. The summed E-state index contributed by atoms with van der Waals surface area (Å²) in [6.45, 7) is 6.33. The van der Waals surface area contributed by atoms with Crippen molar-refractivity contribution >= 4 is 17.4 Å². The van der Waals surface area contributed by atoms with Crippen LogP contribution in [0.2, 0.25) is 0 Å². The van der Waals surface area contributed by atoms with Gasteiger partial charge < -0.3 is 16.4 Å². The van der Waals surface area contributed by atoms with Crippen molar-refractivity contribution in [3.05, 3.63) is 17.8 Å². The monoisotopic (exact) mass is 248 g/mol. The van der Waals surface area contributed by atoms with Crippen molar-refractivity contribution in [2.75, 3.05) is 23.7 Å². The molecular formula is C13H20N4O. The first-order valence-corrected chi connectivity index (χ1v) is 6.30. The third-order valence-corrected chi connectivity index (χ3v) is 3.79. The van der Waals surface area contributed by atoms with E-state index in [1.54, 1.807) is 12.1 Å². The Morgan fingerprint density at radius 3 is 2.72 bits per heavy atom. The SMILES string of the molecule is CC1CCN(c2nc(C(N)=O)ccc2N)CC1C. The van der Waals surface area contributed by atoms with Crippen molar-refractivity contribution in [2.24, 2.45) is 17.6 Å². The maximum absolute atomic E-state index is 11.2. The van der Waals surface area contributed by atoms with E-state index in [1.807, 2.05) is 0 Å². The molecule has 0 aliphatic carbocycles. The lowest BCUT2D eigenvalue weighted by Gasteiger charge is -2.36. The van der Waals surface area contributed by atoms with Gasteiger partial charge in [-0.1, -0.05) is 13.8 Å². The van der Waals surface area contributed by atoms with Gasteiger partial charge in [0.15, 0.2) is 5.82 Å². The number of anilines is 2. The summed E-state index contributed by atoms with van der Waals surface area (Å²) in [6.07, 6.45) is 1.11. The Kier molecular flexibility index (Phi) is 3.41. The first-order valence-electron chi connectivity index (χ1n) is 6.30. The zero-order chi connectivity index (χ0) is 13.3. The minimum atomic E-state index is -0.519. The largest absolute Gasteiger partial charge is 0.396 e. The van der Waals surface area contributed by atoms with E-state index in [0.717, 1.165) is 19.5 Å². The van der Waals surface area contributed by atoms with E-state index < -0.39 is 5.91 Å². The number of carbonyl (C=O) groups is 1. The normalized spacial score (nSPS) is 24.0. The molecule has 2 atom stereocenters. The fourth-order valence-corrected chi connectivity index (χ4v) is 2.30. The lowest BCUT2D eigenvalue weighted by atomic mass is 9.88. The van der Waals surface area contributed by atoms with E-state index in [2.05, 4.69) is 23.7 Å². The maximum atomic E-state index is 11.2. The Morgan fingerprint density at radius 1 is 1.39 bits per heavy atom. The lowest BCUT2D eigenvalue weighted by molar-refractivity contribution is 0.0995. The molecule has 2 unspecified atom stereocenters. The van der Waals surface area contributed by atoms with Gasteiger partial charge >= 0.3 is 0 Å². The van der Waals surface area contributed by atoms with Gasteiger partial charge in [-0.15, -0.1) is 0 Å². The molecule has 0 bridgehead atoms. The Hall–Kier alpha value is -1.78. The Bertz CT molecular complexity index is 460. The molecule has 1 aliphatic rings. The van der Waals surface area contributed by atoms with Crippen LogP contribution in [0.1, 0.15) is 30.8 Å². The molecule has 98 valence electrons. The summed E-state index contributed by atoms with van der Waals surface area (Å²) < 4.78 is 0. The van der Waals surface area contributed by atoms with Crippen molar-refractivity contribution < 1.29 is 4.79 Å². The van der Waals surface area contributed by atoms with E-state index in [4.69, 9.17) is 11.5 Å². The highest BCUT2D eigenvalue weighted by molar-refractivity contribution is 5.91. The van der Waals surface area contributed by atoms with E-state index >= 15 is 0 Å². The molecule has 2 heterocycles. The second-order valence-corrected chi connectivity index (χ2v) is 5.16. The van der Waals surface area contributed by atoms with Crippen LogP contribution in [0.5, 0.6) is 0 Å². The molecule has 1 fully saturated rings. The average molecular weight is 248 g/mol. The number of nitrogens with zero attached hydrogens (tertiary/aromatic N) is 2. The summed E-state index contributed by atoms with van der Waals surface area (Å²) in [5, 5.41) is 0. The summed E-state index contributed by atoms with van der Waals surface area (Å²) >= 11 is 0. The first kappa shape index (κ1) is 12.7. The van der Waals surface area contributed by atoms with Crippen LogP contribution in [0.3, 0.4) is 0 Å². The highest BCUT2D eigenvalue weighted by Crippen LogP contribution is 2.29. The van der Waals surface area contributed by atoms with Crippen LogP contribution in [0.25, 0.3) is 0 Å². The number of hydrogen-bond donors (Lipinski definition) is 2. The minimum Gasteiger partial charge on any atom is -0.396 e. The smallest absolute Gasteiger partial charge is 0.267 e. The van der Waals surface area contributed by atoms with E-state index in [9.17, 15) is 4.79 Å². The molecule has 1 saturated heterocycles. The van der Waals surface area contributed by atoms with Gasteiger partial charge in [0.25, 0.3) is 5.91 Å². The Morgan fingerprint density at radius 2 is 2.11 bits per heavy atom. The molecule has 2 rings (SSSR count). The van der Waals surface area contributed by atoms with Crippen LogP contribution < -0.4 is 16.4 Å². The molecule has 5 nitrogen and oxygen atoms in total. The van der Waals surface area contributed by atoms with Crippen LogP contribution in [0, 0.1) is 11.8 Å². The number of aromatic nitrogens is 1. The van der Waals surface area contributed by atoms with Crippen molar-refractivity contribution in [3.8, 4) is 0 Å². The van der Waals surface area contributed by atoms with Crippen LogP contribution in [0.4, 0.5) is 11.5 Å². The summed E-state index contributed by atoms with van der Waals surface area (Å²) in [5.74, 6) is 1.47. The number of pyridine rings is 1. The van der Waals surface area contributed by atoms with E-state index in [1.165, 1.54) is 0 Å². The molecule has 4 N–H and O–H groups in total. The second kappa shape index (κ2) is 4.84. The van der Waals surface area contributed by atoms with Gasteiger partial charge in [0, 0.05) is 13.1 Å². The highest BCUT2D eigenvalue weighted by Gasteiger charge is 2.25. The Labute approximate surface area is 107 Å². The fourth-order valence-electron chi connectivity index (χ4n) is 2.30. The van der Waals surface area contributed by atoms with Crippen molar-refractivity contribution in [1.82, 2.24) is 4.98 Å². The highest BCUT2D eigenvalue weighted by atomic mass is 16.1. The molecule has 0 saturated carbocycles. The van der Waals surface area contributed by atoms with Gasteiger partial charge in [-0.3, -0.25) is 4.79 Å². The average Bonchev–Trinajstić information content (AvgIpc) is 2.33. The number of carbonyl (C=O) groups excluding carboxylic acids is 1. The molecule has 0 spiro atoms. The van der Waals surface area contributed by atoms with E-state index in [-0.39, 0.29) is 5.69 Å². The van der Waals surface area contributed by atoms with E-state index in [0.29, 0.717) is 23.3 Å². The number of nitrogens with two attached hydrogens (primary N) is 2. The molecule has 1 aliphatic heterocycles. The van der Waals surface area contributed by atoms with Crippen molar-refractivity contribution in [1.29, 1.82) is 0 Å². The standard InChI is InChI=1S/C13H20N4O/c1-8-5-6-17(7-9(8)2)13-10(14)3-4-11(16-13)12(15)18/h3-4,8-9H,5-7,14H2,1-2H3,(H2,15,18). The third-order valence-electron chi connectivity index (χ3n) is 3.79. The van der Waals surface area contributed by atoms with Gasteiger partial charge in [0.1, 0.15) is 5.69 Å². The molecule has 1 aromatic rings. The number of nitrogen functional groups attached to an aromatic ring is 1. The summed E-state index contributed by atoms with van der Waals surface area (Å²) in [4.78, 5) is 17.6. The third kappa shape index (κ3) is 2.39. The number of primary amides is 1. The predicted octanol–water partition coefficient (Wildman–Crippen LogP) is 1.24. The van der Waals surface area contributed by atoms with Gasteiger partial charge in [-0.25, -0.2) is 4.98 Å². The van der Waals surface area contributed by atoms with Gasteiger partial charge in [0.05, 0.1) is 5.69 Å². The Balaban J connectivity index is 2.27. The number of rotatable bonds is 2. The second-order valence-electron chi connectivity index (χ2n) is 5.16. The molecule has 0 radical (unpaired) electrons. The van der Waals surface area contributed by atoms with Crippen molar-refractivity contribution in [2.45, 2.75) is 20.3 Å². The van der Waals surface area contributed by atoms with Crippen LogP contribution in [-0.4, -0.2) is 24.0 Å². The zero-order valence-corrected chi connectivity index (χ0v) is 10.9. The van der Waals surface area contributed by atoms with Gasteiger partial charge in [0.2, 0.25) is 0 Å².